The highest BCUT2D eigenvalue weighted by Crippen LogP contribution is 2.12. The van der Waals surface area contributed by atoms with Gasteiger partial charge in [0.2, 0.25) is 5.91 Å². The van der Waals surface area contributed by atoms with Crippen LogP contribution in [-0.4, -0.2) is 19.1 Å². The van der Waals surface area contributed by atoms with Crippen LogP contribution in [0.1, 0.15) is 6.42 Å². The van der Waals surface area contributed by atoms with Gasteiger partial charge in [-0.2, -0.15) is 0 Å². The molecule has 0 heterocycles. The van der Waals surface area contributed by atoms with E-state index in [0.717, 1.165) is 0 Å². The van der Waals surface area contributed by atoms with Gasteiger partial charge < -0.3 is 15.8 Å². The summed E-state index contributed by atoms with van der Waals surface area (Å²) in [6.45, 7) is 0.570. The Morgan fingerprint density at radius 2 is 2.12 bits per heavy atom. The van der Waals surface area contributed by atoms with Gasteiger partial charge in [-0.05, 0) is 24.3 Å². The van der Waals surface area contributed by atoms with E-state index in [2.05, 4.69) is 11.2 Å². The fourth-order valence-corrected chi connectivity index (χ4v) is 1.06. The molecule has 0 aromatic heterocycles. The molecule has 3 N–H and O–H groups in total. The number of benzene rings is 1. The van der Waals surface area contributed by atoms with Crippen molar-refractivity contribution < 1.29 is 9.53 Å². The summed E-state index contributed by atoms with van der Waals surface area (Å²) in [6.07, 6.45) is 5.29. The Balaban J connectivity index is 2.23. The molecule has 0 aliphatic rings. The van der Waals surface area contributed by atoms with Crippen LogP contribution in [0.3, 0.4) is 0 Å². The van der Waals surface area contributed by atoms with E-state index in [4.69, 9.17) is 16.9 Å². The van der Waals surface area contributed by atoms with Crippen molar-refractivity contribution >= 4 is 11.6 Å². The summed E-state index contributed by atoms with van der Waals surface area (Å²) in [4.78, 5) is 11.1. The third kappa shape index (κ3) is 4.38. The third-order valence-corrected chi connectivity index (χ3v) is 1.87. The highest BCUT2D eigenvalue weighted by molar-refractivity contribution is 5.76. The average molecular weight is 218 g/mol. The summed E-state index contributed by atoms with van der Waals surface area (Å²) < 4.78 is 5.34. The fourth-order valence-electron chi connectivity index (χ4n) is 1.06. The van der Waals surface area contributed by atoms with Crippen LogP contribution in [0, 0.1) is 12.3 Å². The molecule has 0 saturated carbocycles. The van der Waals surface area contributed by atoms with Crippen LogP contribution >= 0.6 is 0 Å². The van der Waals surface area contributed by atoms with Crippen LogP contribution in [0.2, 0.25) is 0 Å². The van der Waals surface area contributed by atoms with Crippen molar-refractivity contribution in [1.29, 1.82) is 0 Å². The lowest BCUT2D eigenvalue weighted by Crippen LogP contribution is -2.25. The smallest absolute Gasteiger partial charge is 0.224 e. The minimum absolute atomic E-state index is 0.117. The molecule has 1 rings (SSSR count). The van der Waals surface area contributed by atoms with Crippen LogP contribution < -0.4 is 15.8 Å². The molecule has 1 amide bonds. The van der Waals surface area contributed by atoms with E-state index in [-0.39, 0.29) is 18.9 Å². The molecule has 0 fully saturated rings. The van der Waals surface area contributed by atoms with Crippen LogP contribution in [-0.2, 0) is 4.79 Å². The second-order valence-electron chi connectivity index (χ2n) is 3.15. The second kappa shape index (κ2) is 6.36. The zero-order valence-corrected chi connectivity index (χ0v) is 8.90. The molecule has 0 unspecified atom stereocenters. The summed E-state index contributed by atoms with van der Waals surface area (Å²) in [7, 11) is 0. The Hall–Kier alpha value is -2.15. The summed E-state index contributed by atoms with van der Waals surface area (Å²) >= 11 is 0. The summed E-state index contributed by atoms with van der Waals surface area (Å²) in [5.74, 6) is 2.90. The van der Waals surface area contributed by atoms with Gasteiger partial charge in [0.1, 0.15) is 5.75 Å². The first-order chi connectivity index (χ1) is 7.72. The standard InChI is InChI=1S/C12H14N2O2/c1-2-8-14-12(15)7-9-16-11-5-3-10(13)4-6-11/h1,3-6H,7-9,13H2,(H,14,15). The molecule has 4 nitrogen and oxygen atoms in total. The highest BCUT2D eigenvalue weighted by Gasteiger charge is 2.00. The summed E-state index contributed by atoms with van der Waals surface area (Å²) in [6, 6.07) is 7.00. The van der Waals surface area contributed by atoms with Gasteiger partial charge in [-0.25, -0.2) is 0 Å². The van der Waals surface area contributed by atoms with Crippen molar-refractivity contribution in [2.45, 2.75) is 6.42 Å². The first kappa shape index (κ1) is 11.9. The number of anilines is 1. The van der Waals surface area contributed by atoms with Gasteiger partial charge in [0.25, 0.3) is 0 Å². The predicted octanol–water partition coefficient (Wildman–Crippen LogP) is 0.787. The number of hydrogen-bond donors (Lipinski definition) is 2. The van der Waals surface area contributed by atoms with E-state index < -0.39 is 0 Å². The maximum atomic E-state index is 11.1. The average Bonchev–Trinajstić information content (AvgIpc) is 2.29. The molecule has 0 aliphatic heterocycles. The summed E-state index contributed by atoms with van der Waals surface area (Å²) in [5.41, 5.74) is 6.20. The van der Waals surface area contributed by atoms with Crippen LogP contribution in [0.25, 0.3) is 0 Å². The SMILES string of the molecule is C#CCNC(=O)CCOc1ccc(N)cc1. The molecule has 0 bridgehead atoms. The molecule has 0 saturated heterocycles. The lowest BCUT2D eigenvalue weighted by molar-refractivity contribution is -0.121. The zero-order chi connectivity index (χ0) is 11.8. The van der Waals surface area contributed by atoms with E-state index in [0.29, 0.717) is 18.0 Å². The van der Waals surface area contributed by atoms with Crippen LogP contribution in [0.5, 0.6) is 5.75 Å². The molecule has 0 aliphatic carbocycles. The van der Waals surface area contributed by atoms with Gasteiger partial charge in [-0.3, -0.25) is 4.79 Å². The van der Waals surface area contributed by atoms with Crippen molar-refractivity contribution in [3.63, 3.8) is 0 Å². The number of nitrogen functional groups attached to an aromatic ring is 1. The maximum absolute atomic E-state index is 11.1. The molecular weight excluding hydrogens is 204 g/mol. The van der Waals surface area contributed by atoms with Crippen LogP contribution in [0.15, 0.2) is 24.3 Å². The summed E-state index contributed by atoms with van der Waals surface area (Å²) in [5, 5.41) is 2.55. The molecule has 4 heteroatoms. The Morgan fingerprint density at radius 3 is 2.75 bits per heavy atom. The van der Waals surface area contributed by atoms with E-state index >= 15 is 0 Å². The van der Waals surface area contributed by atoms with Crippen molar-refractivity contribution in [3.8, 4) is 18.1 Å². The molecule has 1 aromatic rings. The van der Waals surface area contributed by atoms with Crippen LogP contribution in [0.4, 0.5) is 5.69 Å². The number of carbonyl (C=O) groups excluding carboxylic acids is 1. The second-order valence-corrected chi connectivity index (χ2v) is 3.15. The maximum Gasteiger partial charge on any atom is 0.224 e. The van der Waals surface area contributed by atoms with Crippen molar-refractivity contribution in [2.75, 3.05) is 18.9 Å². The molecule has 0 spiro atoms. The zero-order valence-electron chi connectivity index (χ0n) is 8.90. The number of terminal acetylenes is 1. The molecular formula is C12H14N2O2. The number of hydrogen-bond acceptors (Lipinski definition) is 3. The number of nitrogens with one attached hydrogen (secondary N) is 1. The van der Waals surface area contributed by atoms with Gasteiger partial charge in [0.15, 0.2) is 0 Å². The minimum atomic E-state index is -0.117. The molecule has 1 aromatic carbocycles. The molecule has 84 valence electrons. The first-order valence-electron chi connectivity index (χ1n) is 4.91. The largest absolute Gasteiger partial charge is 0.493 e. The Labute approximate surface area is 94.8 Å². The Kier molecular flexibility index (Phi) is 4.74. The van der Waals surface area contributed by atoms with E-state index in [1.165, 1.54) is 0 Å². The van der Waals surface area contributed by atoms with Crippen molar-refractivity contribution in [1.82, 2.24) is 5.32 Å². The monoisotopic (exact) mass is 218 g/mol. The molecule has 0 atom stereocenters. The third-order valence-electron chi connectivity index (χ3n) is 1.87. The number of nitrogens with two attached hydrogens (primary N) is 1. The first-order valence-corrected chi connectivity index (χ1v) is 4.91. The number of ether oxygens (including phenoxy) is 1. The normalized spacial score (nSPS) is 9.19. The Morgan fingerprint density at radius 1 is 1.44 bits per heavy atom. The lowest BCUT2D eigenvalue weighted by atomic mass is 10.3. The number of carbonyl (C=O) groups is 1. The van der Waals surface area contributed by atoms with E-state index in [1.54, 1.807) is 24.3 Å². The minimum Gasteiger partial charge on any atom is -0.493 e. The Bertz CT molecular complexity index is 379. The fraction of sp³-hybridized carbons (Fsp3) is 0.250. The van der Waals surface area contributed by atoms with Crippen molar-refractivity contribution in [2.24, 2.45) is 0 Å². The van der Waals surface area contributed by atoms with Gasteiger partial charge in [-0.1, -0.05) is 5.92 Å². The quantitative estimate of drug-likeness (QED) is 0.567. The molecule has 16 heavy (non-hydrogen) atoms. The predicted molar refractivity (Wildman–Crippen MR) is 62.8 cm³/mol. The highest BCUT2D eigenvalue weighted by atomic mass is 16.5. The topological polar surface area (TPSA) is 64.3 Å². The van der Waals surface area contributed by atoms with Gasteiger partial charge in [0.05, 0.1) is 19.6 Å². The van der Waals surface area contributed by atoms with E-state index in [1.807, 2.05) is 0 Å². The van der Waals surface area contributed by atoms with Crippen molar-refractivity contribution in [3.05, 3.63) is 24.3 Å². The van der Waals surface area contributed by atoms with Gasteiger partial charge in [-0.15, -0.1) is 6.42 Å². The van der Waals surface area contributed by atoms with Gasteiger partial charge >= 0.3 is 0 Å². The van der Waals surface area contributed by atoms with E-state index in [9.17, 15) is 4.79 Å². The van der Waals surface area contributed by atoms with Gasteiger partial charge in [0, 0.05) is 5.69 Å². The number of amides is 1. The lowest BCUT2D eigenvalue weighted by Gasteiger charge is -2.06. The number of rotatable bonds is 5. The molecule has 0 radical (unpaired) electrons.